The van der Waals surface area contributed by atoms with Gasteiger partial charge in [-0.1, -0.05) is 26.7 Å². The van der Waals surface area contributed by atoms with Crippen molar-refractivity contribution in [1.29, 1.82) is 0 Å². The molecule has 0 amide bonds. The molecule has 0 saturated heterocycles. The van der Waals surface area contributed by atoms with Crippen LogP contribution in [0.4, 0.5) is 0 Å². The molecule has 1 aromatic heterocycles. The van der Waals surface area contributed by atoms with E-state index in [9.17, 15) is 4.79 Å². The summed E-state index contributed by atoms with van der Waals surface area (Å²) in [7, 11) is 0. The number of hydrogen-bond donors (Lipinski definition) is 2. The molecule has 0 radical (unpaired) electrons. The average Bonchev–Trinajstić information content (AvgIpc) is 2.67. The normalized spacial score (nSPS) is 11.1. The van der Waals surface area contributed by atoms with E-state index in [-0.39, 0.29) is 0 Å². The number of aromatic carboxylic acids is 1. The number of carboxylic acid groups (broad SMARTS) is 1. The smallest absolute Gasteiger partial charge is 0.345 e. The van der Waals surface area contributed by atoms with Gasteiger partial charge in [0, 0.05) is 11.4 Å². The predicted molar refractivity (Wildman–Crippen MR) is 71.8 cm³/mol. The minimum atomic E-state index is -0.829. The van der Waals surface area contributed by atoms with E-state index < -0.39 is 5.97 Å². The Hall–Kier alpha value is -0.870. The van der Waals surface area contributed by atoms with E-state index in [0.29, 0.717) is 10.8 Å². The van der Waals surface area contributed by atoms with Gasteiger partial charge in [-0.2, -0.15) is 0 Å². The average molecular weight is 255 g/mol. The molecule has 1 rings (SSSR count). The van der Waals surface area contributed by atoms with Crippen molar-refractivity contribution in [2.75, 3.05) is 6.54 Å². The van der Waals surface area contributed by atoms with Crippen LogP contribution in [-0.4, -0.2) is 17.6 Å². The van der Waals surface area contributed by atoms with Crippen molar-refractivity contribution in [2.24, 2.45) is 5.92 Å². The first-order chi connectivity index (χ1) is 8.08. The Kier molecular flexibility index (Phi) is 5.65. The van der Waals surface area contributed by atoms with E-state index in [4.69, 9.17) is 5.11 Å². The molecule has 96 valence electrons. The van der Waals surface area contributed by atoms with Gasteiger partial charge in [0.25, 0.3) is 0 Å². The van der Waals surface area contributed by atoms with Gasteiger partial charge in [0.2, 0.25) is 0 Å². The summed E-state index contributed by atoms with van der Waals surface area (Å²) in [6, 6.07) is 1.78. The zero-order valence-corrected chi connectivity index (χ0v) is 11.6. The van der Waals surface area contributed by atoms with Crippen LogP contribution in [-0.2, 0) is 6.54 Å². The molecule has 17 heavy (non-hydrogen) atoms. The zero-order valence-electron chi connectivity index (χ0n) is 10.7. The van der Waals surface area contributed by atoms with E-state index in [1.807, 2.05) is 6.92 Å². The van der Waals surface area contributed by atoms with E-state index >= 15 is 0 Å². The van der Waals surface area contributed by atoms with Crippen LogP contribution in [0.2, 0.25) is 0 Å². The minimum absolute atomic E-state index is 0.432. The molecule has 1 heterocycles. The molecule has 1 aromatic rings. The predicted octanol–water partition coefficient (Wildman–Crippen LogP) is 3.28. The fourth-order valence-corrected chi connectivity index (χ4v) is 2.67. The zero-order chi connectivity index (χ0) is 12.8. The molecule has 0 aliphatic rings. The van der Waals surface area contributed by atoms with Crippen molar-refractivity contribution in [2.45, 2.75) is 40.2 Å². The molecule has 0 atom stereocenters. The van der Waals surface area contributed by atoms with Crippen molar-refractivity contribution in [1.82, 2.24) is 5.32 Å². The van der Waals surface area contributed by atoms with Gasteiger partial charge in [-0.3, -0.25) is 0 Å². The highest BCUT2D eigenvalue weighted by Crippen LogP contribution is 2.21. The standard InChI is InChI=1S/C13H21NO2S/c1-4-10(5-2)7-14-8-11-6-12(13(15)16)17-9(11)3/h6,10,14H,4-5,7-8H2,1-3H3,(H,15,16). The van der Waals surface area contributed by atoms with E-state index in [1.54, 1.807) is 6.07 Å². The molecule has 0 unspecified atom stereocenters. The molecule has 0 fully saturated rings. The second-order valence-corrected chi connectivity index (χ2v) is 5.57. The van der Waals surface area contributed by atoms with Crippen LogP contribution in [0.25, 0.3) is 0 Å². The van der Waals surface area contributed by atoms with Crippen LogP contribution < -0.4 is 5.32 Å². The molecule has 0 aliphatic carbocycles. The highest BCUT2D eigenvalue weighted by atomic mass is 32.1. The Morgan fingerprint density at radius 3 is 2.59 bits per heavy atom. The lowest BCUT2D eigenvalue weighted by Crippen LogP contribution is -2.21. The molecule has 0 aliphatic heterocycles. The first-order valence-electron chi connectivity index (χ1n) is 6.11. The van der Waals surface area contributed by atoms with Crippen LogP contribution in [0.15, 0.2) is 6.07 Å². The second-order valence-electron chi connectivity index (χ2n) is 4.31. The van der Waals surface area contributed by atoms with Crippen molar-refractivity contribution >= 4 is 17.3 Å². The second kappa shape index (κ2) is 6.77. The summed E-state index contributed by atoms with van der Waals surface area (Å²) in [5.74, 6) is -0.114. The van der Waals surface area contributed by atoms with Crippen LogP contribution in [0, 0.1) is 12.8 Å². The number of aryl methyl sites for hydroxylation is 1. The number of carbonyl (C=O) groups is 1. The van der Waals surface area contributed by atoms with Gasteiger partial charge in [-0.15, -0.1) is 11.3 Å². The first kappa shape index (κ1) is 14.2. The van der Waals surface area contributed by atoms with Gasteiger partial charge in [0.15, 0.2) is 0 Å². The highest BCUT2D eigenvalue weighted by Gasteiger charge is 2.11. The fraction of sp³-hybridized carbons (Fsp3) is 0.615. The Morgan fingerprint density at radius 1 is 1.47 bits per heavy atom. The molecular weight excluding hydrogens is 234 g/mol. The van der Waals surface area contributed by atoms with Crippen molar-refractivity contribution in [3.05, 3.63) is 21.4 Å². The Balaban J connectivity index is 2.49. The molecule has 2 N–H and O–H groups in total. The molecule has 3 nitrogen and oxygen atoms in total. The Bertz CT molecular complexity index is 369. The summed E-state index contributed by atoms with van der Waals surface area (Å²) in [6.45, 7) is 8.16. The van der Waals surface area contributed by atoms with Crippen LogP contribution in [0.3, 0.4) is 0 Å². The summed E-state index contributed by atoms with van der Waals surface area (Å²) in [5.41, 5.74) is 1.11. The number of nitrogens with one attached hydrogen (secondary N) is 1. The lowest BCUT2D eigenvalue weighted by atomic mass is 10.0. The van der Waals surface area contributed by atoms with E-state index in [2.05, 4.69) is 19.2 Å². The maximum absolute atomic E-state index is 10.8. The largest absolute Gasteiger partial charge is 0.477 e. The Labute approximate surface area is 107 Å². The summed E-state index contributed by atoms with van der Waals surface area (Å²) < 4.78 is 0. The quantitative estimate of drug-likeness (QED) is 0.786. The van der Waals surface area contributed by atoms with Gasteiger partial charge in [0.05, 0.1) is 0 Å². The van der Waals surface area contributed by atoms with Crippen LogP contribution >= 0.6 is 11.3 Å². The van der Waals surface area contributed by atoms with Crippen molar-refractivity contribution < 1.29 is 9.90 Å². The number of hydrogen-bond acceptors (Lipinski definition) is 3. The maximum Gasteiger partial charge on any atom is 0.345 e. The van der Waals surface area contributed by atoms with Gasteiger partial charge in [-0.25, -0.2) is 4.79 Å². The summed E-state index contributed by atoms with van der Waals surface area (Å²) >= 11 is 1.35. The molecule has 0 bridgehead atoms. The summed E-state index contributed by atoms with van der Waals surface area (Å²) in [4.78, 5) is 12.4. The third kappa shape index (κ3) is 4.13. The van der Waals surface area contributed by atoms with Crippen molar-refractivity contribution in [3.8, 4) is 0 Å². The highest BCUT2D eigenvalue weighted by molar-refractivity contribution is 7.14. The molecular formula is C13H21NO2S. The number of thiophene rings is 1. The van der Waals surface area contributed by atoms with E-state index in [0.717, 1.165) is 23.5 Å². The summed E-state index contributed by atoms with van der Waals surface area (Å²) in [6.07, 6.45) is 2.37. The van der Waals surface area contributed by atoms with Crippen molar-refractivity contribution in [3.63, 3.8) is 0 Å². The van der Waals surface area contributed by atoms with Crippen LogP contribution in [0.5, 0.6) is 0 Å². The molecule has 0 spiro atoms. The minimum Gasteiger partial charge on any atom is -0.477 e. The monoisotopic (exact) mass is 255 g/mol. The maximum atomic E-state index is 10.8. The SMILES string of the molecule is CCC(CC)CNCc1cc(C(=O)O)sc1C. The number of carboxylic acids is 1. The third-order valence-electron chi connectivity index (χ3n) is 3.13. The topological polar surface area (TPSA) is 49.3 Å². The fourth-order valence-electron chi connectivity index (χ4n) is 1.79. The van der Waals surface area contributed by atoms with Gasteiger partial charge < -0.3 is 10.4 Å². The lowest BCUT2D eigenvalue weighted by molar-refractivity contribution is 0.0702. The Morgan fingerprint density at radius 2 is 2.12 bits per heavy atom. The van der Waals surface area contributed by atoms with Crippen LogP contribution in [0.1, 0.15) is 46.8 Å². The van der Waals surface area contributed by atoms with E-state index in [1.165, 1.54) is 24.2 Å². The molecule has 0 saturated carbocycles. The molecule has 4 heteroatoms. The third-order valence-corrected chi connectivity index (χ3v) is 4.22. The van der Waals surface area contributed by atoms with Gasteiger partial charge in [-0.05, 0) is 31.0 Å². The first-order valence-corrected chi connectivity index (χ1v) is 6.93. The molecule has 0 aromatic carbocycles. The van der Waals surface area contributed by atoms with Gasteiger partial charge in [0.1, 0.15) is 4.88 Å². The lowest BCUT2D eigenvalue weighted by Gasteiger charge is -2.12. The number of rotatable bonds is 7. The summed E-state index contributed by atoms with van der Waals surface area (Å²) in [5, 5.41) is 12.3. The van der Waals surface area contributed by atoms with Gasteiger partial charge >= 0.3 is 5.97 Å².